The molecule has 2 rings (SSSR count). The Hall–Kier alpha value is -1.87. The molecule has 9 heteroatoms. The summed E-state index contributed by atoms with van der Waals surface area (Å²) in [5.74, 6) is -0.387. The number of hydrogen-bond donors (Lipinski definition) is 2. The first-order chi connectivity index (χ1) is 11.5. The number of carbonyl (C=O) groups excluding carboxylic acids is 1. The smallest absolute Gasteiger partial charge is 0.289 e. The molecule has 0 saturated carbocycles. The van der Waals surface area contributed by atoms with Gasteiger partial charge in [0.05, 0.1) is 0 Å². The zero-order valence-corrected chi connectivity index (χ0v) is 15.5. The third-order valence-corrected chi connectivity index (χ3v) is 4.75. The molecule has 138 valence electrons. The Morgan fingerprint density at radius 1 is 1.20 bits per heavy atom. The fourth-order valence-electron chi connectivity index (χ4n) is 2.17. The number of nitrogens with one attached hydrogen (secondary N) is 1. The zero-order valence-electron chi connectivity index (χ0n) is 13.8. The lowest BCUT2D eigenvalue weighted by Crippen LogP contribution is -2.32. The standard InChI is InChI=1S/C16H21N3O4S.ClH/c1-18-24(21,22)15-9-8-14(23-15)16(20)19(11-5-10-17)12-13-6-3-2-4-7-13;/h2-4,6-9,18H,5,10-12,17H2,1H3;1H. The van der Waals surface area contributed by atoms with Crippen LogP contribution in [0.25, 0.3) is 0 Å². The van der Waals surface area contributed by atoms with Gasteiger partial charge in [-0.15, -0.1) is 12.4 Å². The van der Waals surface area contributed by atoms with Crippen molar-refractivity contribution in [3.05, 3.63) is 53.8 Å². The first kappa shape index (κ1) is 21.2. The largest absolute Gasteiger partial charge is 0.438 e. The number of amides is 1. The van der Waals surface area contributed by atoms with Gasteiger partial charge in [0.1, 0.15) is 0 Å². The molecule has 0 unspecified atom stereocenters. The lowest BCUT2D eigenvalue weighted by Gasteiger charge is -2.21. The second-order valence-corrected chi connectivity index (χ2v) is 7.00. The van der Waals surface area contributed by atoms with E-state index in [2.05, 4.69) is 4.72 Å². The van der Waals surface area contributed by atoms with Crippen LogP contribution in [0.15, 0.2) is 52.0 Å². The van der Waals surface area contributed by atoms with Crippen molar-refractivity contribution < 1.29 is 17.6 Å². The Labute approximate surface area is 153 Å². The number of carbonyl (C=O) groups is 1. The molecule has 0 atom stereocenters. The summed E-state index contributed by atoms with van der Waals surface area (Å²) < 4.78 is 30.8. The van der Waals surface area contributed by atoms with Crippen LogP contribution in [0.4, 0.5) is 0 Å². The van der Waals surface area contributed by atoms with E-state index in [0.717, 1.165) is 5.56 Å². The minimum absolute atomic E-state index is 0. The molecule has 0 spiro atoms. The minimum atomic E-state index is -3.72. The van der Waals surface area contributed by atoms with Crippen molar-refractivity contribution in [2.45, 2.75) is 18.1 Å². The van der Waals surface area contributed by atoms with Crippen LogP contribution in [-0.4, -0.2) is 39.4 Å². The summed E-state index contributed by atoms with van der Waals surface area (Å²) in [5, 5.41) is -0.285. The van der Waals surface area contributed by atoms with E-state index >= 15 is 0 Å². The van der Waals surface area contributed by atoms with Gasteiger partial charge in [-0.1, -0.05) is 30.3 Å². The predicted octanol–water partition coefficient (Wildman–Crippen LogP) is 1.60. The van der Waals surface area contributed by atoms with Gasteiger partial charge in [-0.05, 0) is 37.7 Å². The minimum Gasteiger partial charge on any atom is -0.438 e. The van der Waals surface area contributed by atoms with Gasteiger partial charge in [0, 0.05) is 13.1 Å². The van der Waals surface area contributed by atoms with E-state index in [0.29, 0.717) is 26.1 Å². The van der Waals surface area contributed by atoms with Crippen molar-refractivity contribution in [1.29, 1.82) is 0 Å². The van der Waals surface area contributed by atoms with Gasteiger partial charge < -0.3 is 15.1 Å². The van der Waals surface area contributed by atoms with Gasteiger partial charge in [-0.2, -0.15) is 0 Å². The van der Waals surface area contributed by atoms with Crippen molar-refractivity contribution in [3.63, 3.8) is 0 Å². The van der Waals surface area contributed by atoms with Gasteiger partial charge in [-0.25, -0.2) is 13.1 Å². The molecule has 0 saturated heterocycles. The molecule has 2 aromatic rings. The number of hydrogen-bond acceptors (Lipinski definition) is 5. The topological polar surface area (TPSA) is 106 Å². The molecule has 1 aromatic heterocycles. The van der Waals surface area contributed by atoms with Gasteiger partial charge >= 0.3 is 0 Å². The van der Waals surface area contributed by atoms with Gasteiger partial charge in [0.15, 0.2) is 5.76 Å². The third kappa shape index (κ3) is 5.57. The van der Waals surface area contributed by atoms with Crippen LogP contribution in [-0.2, 0) is 16.6 Å². The summed E-state index contributed by atoms with van der Waals surface area (Å²) in [6.07, 6.45) is 0.640. The number of sulfonamides is 1. The normalized spacial score (nSPS) is 11.0. The fourth-order valence-corrected chi connectivity index (χ4v) is 2.82. The Bertz CT molecular complexity index is 778. The molecule has 0 aliphatic carbocycles. The zero-order chi connectivity index (χ0) is 17.6. The molecule has 3 N–H and O–H groups in total. The third-order valence-electron chi connectivity index (χ3n) is 3.46. The lowest BCUT2D eigenvalue weighted by molar-refractivity contribution is 0.0704. The average Bonchev–Trinajstić information content (AvgIpc) is 3.10. The van der Waals surface area contributed by atoms with E-state index in [9.17, 15) is 13.2 Å². The summed E-state index contributed by atoms with van der Waals surface area (Å²) in [4.78, 5) is 14.3. The first-order valence-electron chi connectivity index (χ1n) is 7.54. The van der Waals surface area contributed by atoms with Crippen LogP contribution in [0.1, 0.15) is 22.5 Å². The number of furan rings is 1. The Morgan fingerprint density at radius 2 is 1.88 bits per heavy atom. The lowest BCUT2D eigenvalue weighted by atomic mass is 10.2. The Morgan fingerprint density at radius 3 is 2.48 bits per heavy atom. The molecule has 7 nitrogen and oxygen atoms in total. The maximum absolute atomic E-state index is 12.7. The molecule has 0 bridgehead atoms. The van der Waals surface area contributed by atoms with Crippen molar-refractivity contribution in [2.24, 2.45) is 5.73 Å². The molecule has 1 aromatic carbocycles. The van der Waals surface area contributed by atoms with E-state index in [4.69, 9.17) is 10.2 Å². The van der Waals surface area contributed by atoms with Crippen LogP contribution < -0.4 is 10.5 Å². The SMILES string of the molecule is CNS(=O)(=O)c1ccc(C(=O)N(CCCN)Cc2ccccc2)o1.Cl. The molecule has 0 radical (unpaired) electrons. The monoisotopic (exact) mass is 387 g/mol. The van der Waals surface area contributed by atoms with E-state index in [1.54, 1.807) is 4.90 Å². The van der Waals surface area contributed by atoms with Crippen LogP contribution >= 0.6 is 12.4 Å². The fraction of sp³-hybridized carbons (Fsp3) is 0.312. The second kappa shape index (κ2) is 9.57. The van der Waals surface area contributed by atoms with E-state index in [-0.39, 0.29) is 29.2 Å². The molecule has 0 fully saturated rings. The highest BCUT2D eigenvalue weighted by atomic mass is 35.5. The number of nitrogens with two attached hydrogens (primary N) is 1. The van der Waals surface area contributed by atoms with Gasteiger partial charge in [0.25, 0.3) is 15.9 Å². The molecule has 0 aliphatic heterocycles. The van der Waals surface area contributed by atoms with Crippen molar-refractivity contribution in [1.82, 2.24) is 9.62 Å². The predicted molar refractivity (Wildman–Crippen MR) is 97.1 cm³/mol. The summed E-state index contributed by atoms with van der Waals surface area (Å²) in [7, 11) is -2.44. The number of rotatable bonds is 8. The van der Waals surface area contributed by atoms with Gasteiger partial charge in [-0.3, -0.25) is 4.79 Å². The van der Waals surface area contributed by atoms with Crippen molar-refractivity contribution in [2.75, 3.05) is 20.1 Å². The van der Waals surface area contributed by atoms with Crippen LogP contribution in [0.2, 0.25) is 0 Å². The summed E-state index contributed by atoms with van der Waals surface area (Å²) >= 11 is 0. The molecular weight excluding hydrogens is 366 g/mol. The van der Waals surface area contributed by atoms with E-state index in [1.165, 1.54) is 19.2 Å². The highest BCUT2D eigenvalue weighted by Crippen LogP contribution is 2.17. The maximum Gasteiger partial charge on any atom is 0.289 e. The highest BCUT2D eigenvalue weighted by molar-refractivity contribution is 7.89. The first-order valence-corrected chi connectivity index (χ1v) is 9.03. The van der Waals surface area contributed by atoms with Gasteiger partial charge in [0.2, 0.25) is 5.09 Å². The number of nitrogens with zero attached hydrogens (tertiary/aromatic N) is 1. The summed E-state index contributed by atoms with van der Waals surface area (Å²) in [6.45, 7) is 1.31. The van der Waals surface area contributed by atoms with Crippen LogP contribution in [0.3, 0.4) is 0 Å². The molecule has 1 amide bonds. The average molecular weight is 388 g/mol. The maximum atomic E-state index is 12.7. The van der Waals surface area contributed by atoms with Crippen molar-refractivity contribution in [3.8, 4) is 0 Å². The molecular formula is C16H22ClN3O4S. The Kier molecular flexibility index (Phi) is 8.11. The Balaban J connectivity index is 0.00000312. The summed E-state index contributed by atoms with van der Waals surface area (Å²) in [6, 6.07) is 12.2. The molecule has 0 aliphatic rings. The van der Waals surface area contributed by atoms with Crippen LogP contribution in [0.5, 0.6) is 0 Å². The number of halogens is 1. The van der Waals surface area contributed by atoms with E-state index < -0.39 is 10.0 Å². The second-order valence-electron chi connectivity index (χ2n) is 5.18. The van der Waals surface area contributed by atoms with Crippen LogP contribution in [0, 0.1) is 0 Å². The van der Waals surface area contributed by atoms with E-state index in [1.807, 2.05) is 30.3 Å². The molecule has 1 heterocycles. The number of benzene rings is 1. The molecule has 25 heavy (non-hydrogen) atoms. The summed E-state index contributed by atoms with van der Waals surface area (Å²) in [5.41, 5.74) is 6.51. The quantitative estimate of drug-likeness (QED) is 0.715. The highest BCUT2D eigenvalue weighted by Gasteiger charge is 2.23. The van der Waals surface area contributed by atoms with Crippen molar-refractivity contribution >= 4 is 28.3 Å².